The Morgan fingerprint density at radius 1 is 1.21 bits per heavy atom. The van der Waals surface area contributed by atoms with E-state index in [1.807, 2.05) is 30.3 Å². The second-order valence-electron chi connectivity index (χ2n) is 8.03. The Morgan fingerprint density at radius 3 is 2.67 bits per heavy atom. The molecule has 1 saturated heterocycles. The third kappa shape index (κ3) is 2.88. The van der Waals surface area contributed by atoms with E-state index in [-0.39, 0.29) is 0 Å². The largest absolute Gasteiger partial charge is 0.339 e. The highest BCUT2D eigenvalue weighted by molar-refractivity contribution is 5.53. The first-order valence-electron chi connectivity index (χ1n) is 9.28. The van der Waals surface area contributed by atoms with E-state index in [2.05, 4.69) is 23.9 Å². The quantitative estimate of drug-likeness (QED) is 0.838. The van der Waals surface area contributed by atoms with E-state index in [4.69, 9.17) is 9.51 Å². The van der Waals surface area contributed by atoms with Gasteiger partial charge in [0.05, 0.1) is 5.92 Å². The second kappa shape index (κ2) is 6.32. The molecule has 4 rings (SSSR count). The summed E-state index contributed by atoms with van der Waals surface area (Å²) in [5.74, 6) is 2.66. The highest BCUT2D eigenvalue weighted by atomic mass is 16.5. The van der Waals surface area contributed by atoms with E-state index in [1.165, 1.54) is 32.2 Å². The lowest BCUT2D eigenvalue weighted by molar-refractivity contribution is 0.222. The monoisotopic (exact) mass is 325 g/mol. The molecule has 1 aliphatic heterocycles. The molecule has 24 heavy (non-hydrogen) atoms. The number of rotatable bonds is 4. The maximum atomic E-state index is 5.76. The Labute approximate surface area is 144 Å². The topological polar surface area (TPSA) is 42.2 Å². The molecule has 1 atom stereocenters. The smallest absolute Gasteiger partial charge is 0.231 e. The van der Waals surface area contributed by atoms with Crippen molar-refractivity contribution in [3.63, 3.8) is 0 Å². The molecule has 0 bridgehead atoms. The molecule has 2 heterocycles. The zero-order valence-electron chi connectivity index (χ0n) is 14.7. The molecule has 1 aliphatic carbocycles. The fourth-order valence-electron chi connectivity index (χ4n) is 4.73. The van der Waals surface area contributed by atoms with Crippen LogP contribution in [0.2, 0.25) is 0 Å². The van der Waals surface area contributed by atoms with Gasteiger partial charge in [0.15, 0.2) is 0 Å². The average Bonchev–Trinajstić information content (AvgIpc) is 3.29. The van der Waals surface area contributed by atoms with Crippen molar-refractivity contribution < 1.29 is 4.52 Å². The molecule has 0 N–H and O–H groups in total. The van der Waals surface area contributed by atoms with Crippen molar-refractivity contribution in [1.82, 2.24) is 15.0 Å². The van der Waals surface area contributed by atoms with Crippen LogP contribution in [0.25, 0.3) is 11.4 Å². The molecule has 128 valence electrons. The molecule has 4 heteroatoms. The number of likely N-dealkylation sites (tertiary alicyclic amines) is 1. The summed E-state index contributed by atoms with van der Waals surface area (Å²) < 4.78 is 5.76. The highest BCUT2D eigenvalue weighted by Crippen LogP contribution is 2.53. The van der Waals surface area contributed by atoms with Gasteiger partial charge in [-0.05, 0) is 24.2 Å². The van der Waals surface area contributed by atoms with E-state index in [9.17, 15) is 0 Å². The summed E-state index contributed by atoms with van der Waals surface area (Å²) in [4.78, 5) is 7.41. The molecule has 1 spiro atoms. The standard InChI is InChI=1S/C20H27N3O/c1-15(2)12-23-13-17(20(14-23)10-6-7-11-20)19-21-18(22-24-19)16-8-4-3-5-9-16/h3-5,8-9,15,17H,6-7,10-14H2,1-2H3. The zero-order chi connectivity index (χ0) is 16.6. The maximum Gasteiger partial charge on any atom is 0.231 e. The number of benzene rings is 1. The summed E-state index contributed by atoms with van der Waals surface area (Å²) in [7, 11) is 0. The van der Waals surface area contributed by atoms with Crippen LogP contribution in [-0.4, -0.2) is 34.7 Å². The molecule has 1 unspecified atom stereocenters. The van der Waals surface area contributed by atoms with Gasteiger partial charge in [-0.1, -0.05) is 62.2 Å². The lowest BCUT2D eigenvalue weighted by atomic mass is 9.76. The summed E-state index contributed by atoms with van der Waals surface area (Å²) in [6, 6.07) is 10.1. The summed E-state index contributed by atoms with van der Waals surface area (Å²) in [5.41, 5.74) is 1.39. The van der Waals surface area contributed by atoms with E-state index < -0.39 is 0 Å². The minimum atomic E-state index is 0.357. The third-order valence-electron chi connectivity index (χ3n) is 5.71. The van der Waals surface area contributed by atoms with Crippen LogP contribution in [0, 0.1) is 11.3 Å². The molecule has 2 aliphatic rings. The summed E-state index contributed by atoms with van der Waals surface area (Å²) in [5, 5.41) is 4.27. The molecule has 2 fully saturated rings. The Kier molecular flexibility index (Phi) is 4.17. The third-order valence-corrected chi connectivity index (χ3v) is 5.71. The molecular formula is C20H27N3O. The van der Waals surface area contributed by atoms with Crippen molar-refractivity contribution in [3.8, 4) is 11.4 Å². The van der Waals surface area contributed by atoms with Crippen LogP contribution in [0.4, 0.5) is 0 Å². The summed E-state index contributed by atoms with van der Waals surface area (Å²) in [6.07, 6.45) is 5.28. The first-order valence-corrected chi connectivity index (χ1v) is 9.28. The SMILES string of the molecule is CC(C)CN1CC(c2nc(-c3ccccc3)no2)C2(CCCC2)C1. The normalized spacial score (nSPS) is 23.5. The molecule has 1 saturated carbocycles. The number of nitrogens with zero attached hydrogens (tertiary/aromatic N) is 3. The van der Waals surface area contributed by atoms with Gasteiger partial charge in [-0.2, -0.15) is 4.98 Å². The highest BCUT2D eigenvalue weighted by Gasteiger charge is 2.50. The van der Waals surface area contributed by atoms with Crippen molar-refractivity contribution in [1.29, 1.82) is 0 Å². The van der Waals surface area contributed by atoms with Crippen LogP contribution in [0.15, 0.2) is 34.9 Å². The Balaban J connectivity index is 1.61. The predicted molar refractivity (Wildman–Crippen MR) is 94.7 cm³/mol. The van der Waals surface area contributed by atoms with Gasteiger partial charge in [-0.15, -0.1) is 0 Å². The molecule has 0 amide bonds. The van der Waals surface area contributed by atoms with Gasteiger partial charge >= 0.3 is 0 Å². The van der Waals surface area contributed by atoms with Gasteiger partial charge in [0, 0.05) is 25.2 Å². The van der Waals surface area contributed by atoms with Crippen LogP contribution in [0.3, 0.4) is 0 Å². The van der Waals surface area contributed by atoms with Crippen LogP contribution < -0.4 is 0 Å². The lowest BCUT2D eigenvalue weighted by Crippen LogP contribution is -2.28. The Bertz CT molecular complexity index is 673. The maximum absolute atomic E-state index is 5.76. The molecule has 1 aromatic carbocycles. The van der Waals surface area contributed by atoms with Crippen molar-refractivity contribution in [2.75, 3.05) is 19.6 Å². The van der Waals surface area contributed by atoms with Crippen LogP contribution >= 0.6 is 0 Å². The van der Waals surface area contributed by atoms with Crippen LogP contribution in [0.1, 0.15) is 51.3 Å². The molecule has 1 aromatic heterocycles. The predicted octanol–water partition coefficient (Wildman–Crippen LogP) is 4.35. The van der Waals surface area contributed by atoms with Gasteiger partial charge < -0.3 is 9.42 Å². The first kappa shape index (κ1) is 15.8. The first-order chi connectivity index (χ1) is 11.7. The molecular weight excluding hydrogens is 298 g/mol. The summed E-state index contributed by atoms with van der Waals surface area (Å²) in [6.45, 7) is 8.02. The lowest BCUT2D eigenvalue weighted by Gasteiger charge is -2.28. The number of hydrogen-bond acceptors (Lipinski definition) is 4. The van der Waals surface area contributed by atoms with Crippen molar-refractivity contribution in [2.45, 2.75) is 45.4 Å². The van der Waals surface area contributed by atoms with Crippen molar-refractivity contribution in [3.05, 3.63) is 36.2 Å². The zero-order valence-corrected chi connectivity index (χ0v) is 14.7. The Morgan fingerprint density at radius 2 is 1.96 bits per heavy atom. The van der Waals surface area contributed by atoms with Crippen molar-refractivity contribution in [2.24, 2.45) is 11.3 Å². The minimum Gasteiger partial charge on any atom is -0.339 e. The van der Waals surface area contributed by atoms with Gasteiger partial charge in [0.25, 0.3) is 0 Å². The van der Waals surface area contributed by atoms with Crippen LogP contribution in [-0.2, 0) is 0 Å². The number of aromatic nitrogens is 2. The van der Waals surface area contributed by atoms with E-state index in [0.29, 0.717) is 17.3 Å². The molecule has 0 radical (unpaired) electrons. The van der Waals surface area contributed by atoms with Gasteiger partial charge in [0.2, 0.25) is 11.7 Å². The molecule has 4 nitrogen and oxygen atoms in total. The second-order valence-corrected chi connectivity index (χ2v) is 8.03. The van der Waals surface area contributed by atoms with E-state index >= 15 is 0 Å². The minimum absolute atomic E-state index is 0.357. The van der Waals surface area contributed by atoms with E-state index in [0.717, 1.165) is 30.4 Å². The van der Waals surface area contributed by atoms with E-state index in [1.54, 1.807) is 0 Å². The van der Waals surface area contributed by atoms with Crippen LogP contribution in [0.5, 0.6) is 0 Å². The van der Waals surface area contributed by atoms with Crippen molar-refractivity contribution >= 4 is 0 Å². The summed E-state index contributed by atoms with van der Waals surface area (Å²) >= 11 is 0. The fraction of sp³-hybridized carbons (Fsp3) is 0.600. The Hall–Kier alpha value is -1.68. The average molecular weight is 325 g/mol. The van der Waals surface area contributed by atoms with Gasteiger partial charge in [-0.3, -0.25) is 0 Å². The van der Waals surface area contributed by atoms with Gasteiger partial charge in [-0.25, -0.2) is 0 Å². The fourth-order valence-corrected chi connectivity index (χ4v) is 4.73. The number of hydrogen-bond donors (Lipinski definition) is 0. The van der Waals surface area contributed by atoms with Gasteiger partial charge in [0.1, 0.15) is 0 Å². The molecule has 2 aromatic rings.